The molecule has 1 unspecified atom stereocenters. The molecule has 1 aliphatic heterocycles. The average molecular weight is 560 g/mol. The summed E-state index contributed by atoms with van der Waals surface area (Å²) < 4.78 is 2.00. The van der Waals surface area contributed by atoms with Crippen molar-refractivity contribution in [3.05, 3.63) is 83.4 Å². The number of aromatic nitrogens is 3. The molecule has 0 radical (unpaired) electrons. The Labute approximate surface area is 213 Å². The maximum absolute atomic E-state index is 4.86. The predicted molar refractivity (Wildman–Crippen MR) is 144 cm³/mol. The van der Waals surface area contributed by atoms with E-state index in [1.165, 1.54) is 24.0 Å². The van der Waals surface area contributed by atoms with E-state index in [-0.39, 0.29) is 24.0 Å². The van der Waals surface area contributed by atoms with Gasteiger partial charge >= 0.3 is 0 Å². The van der Waals surface area contributed by atoms with Gasteiger partial charge in [0.05, 0.1) is 19.1 Å². The van der Waals surface area contributed by atoms with Gasteiger partial charge in [0.15, 0.2) is 11.8 Å². The first kappa shape index (κ1) is 25.2. The molecule has 0 spiro atoms. The molecule has 4 rings (SSSR count). The molecule has 1 atom stereocenters. The molecular weight excluding hydrogens is 525 g/mol. The van der Waals surface area contributed by atoms with E-state index in [0.29, 0.717) is 19.1 Å². The molecule has 33 heavy (non-hydrogen) atoms. The third-order valence-corrected chi connectivity index (χ3v) is 6.09. The molecule has 0 aliphatic carbocycles. The number of likely N-dealkylation sites (tertiary alicyclic amines) is 1. The molecule has 0 amide bonds. The largest absolute Gasteiger partial charge is 0.354 e. The summed E-state index contributed by atoms with van der Waals surface area (Å²) in [5, 5.41) is 15.5. The van der Waals surface area contributed by atoms with E-state index in [9.17, 15) is 0 Å². The third kappa shape index (κ3) is 7.01. The Kier molecular flexibility index (Phi) is 9.68. The first-order chi connectivity index (χ1) is 15.7. The van der Waals surface area contributed by atoms with Gasteiger partial charge in [-0.3, -0.25) is 4.90 Å². The highest BCUT2D eigenvalue weighted by atomic mass is 127. The lowest BCUT2D eigenvalue weighted by molar-refractivity contribution is 0.245. The van der Waals surface area contributed by atoms with Crippen LogP contribution in [0.3, 0.4) is 0 Å². The van der Waals surface area contributed by atoms with E-state index < -0.39 is 0 Å². The van der Waals surface area contributed by atoms with Gasteiger partial charge in [-0.05, 0) is 44.0 Å². The van der Waals surface area contributed by atoms with Gasteiger partial charge in [0.2, 0.25) is 0 Å². The molecule has 8 heteroatoms. The molecule has 0 saturated carbocycles. The lowest BCUT2D eigenvalue weighted by Gasteiger charge is -2.29. The third-order valence-electron chi connectivity index (χ3n) is 6.09. The molecule has 1 fully saturated rings. The quantitative estimate of drug-likeness (QED) is 0.250. The second-order valence-electron chi connectivity index (χ2n) is 8.28. The minimum atomic E-state index is 0. The Balaban J connectivity index is 0.00000306. The zero-order valence-electron chi connectivity index (χ0n) is 19.4. The van der Waals surface area contributed by atoms with Crippen molar-refractivity contribution in [2.75, 3.05) is 19.6 Å². The van der Waals surface area contributed by atoms with Gasteiger partial charge in [0.25, 0.3) is 0 Å². The van der Waals surface area contributed by atoms with Crippen LogP contribution in [0.1, 0.15) is 41.7 Å². The average Bonchev–Trinajstić information content (AvgIpc) is 3.47. The van der Waals surface area contributed by atoms with Gasteiger partial charge in [-0.25, -0.2) is 4.99 Å². The maximum Gasteiger partial charge on any atom is 0.192 e. The highest BCUT2D eigenvalue weighted by Crippen LogP contribution is 2.24. The van der Waals surface area contributed by atoms with Crippen LogP contribution < -0.4 is 10.6 Å². The van der Waals surface area contributed by atoms with Crippen molar-refractivity contribution in [3.8, 4) is 0 Å². The topological polar surface area (TPSA) is 70.4 Å². The number of hydrogen-bond donors (Lipinski definition) is 2. The Morgan fingerprint density at radius 2 is 1.64 bits per heavy atom. The maximum atomic E-state index is 4.86. The summed E-state index contributed by atoms with van der Waals surface area (Å²) in [5.74, 6) is 2.57. The molecule has 0 bridgehead atoms. The van der Waals surface area contributed by atoms with Crippen molar-refractivity contribution in [3.63, 3.8) is 0 Å². The lowest BCUT2D eigenvalue weighted by atomic mass is 10.1. The van der Waals surface area contributed by atoms with Crippen LogP contribution in [0.4, 0.5) is 0 Å². The molecule has 7 nitrogen and oxygen atoms in total. The number of rotatable bonds is 8. The second kappa shape index (κ2) is 12.7. The zero-order chi connectivity index (χ0) is 22.2. The molecule has 1 saturated heterocycles. The van der Waals surface area contributed by atoms with E-state index in [2.05, 4.69) is 68.2 Å². The number of nitrogens with zero attached hydrogens (tertiary/aromatic N) is 5. The Hall–Kier alpha value is -2.46. The molecular formula is C25H34IN7. The van der Waals surface area contributed by atoms with Crippen LogP contribution in [0.2, 0.25) is 0 Å². The minimum Gasteiger partial charge on any atom is -0.354 e. The van der Waals surface area contributed by atoms with Gasteiger partial charge in [-0.2, -0.15) is 0 Å². The van der Waals surface area contributed by atoms with E-state index in [1.54, 1.807) is 0 Å². The number of aliphatic imine (C=N–C) groups is 1. The number of aryl methyl sites for hydroxylation is 1. The van der Waals surface area contributed by atoms with Crippen LogP contribution in [0.15, 0.2) is 65.7 Å². The van der Waals surface area contributed by atoms with Crippen molar-refractivity contribution in [1.82, 2.24) is 30.3 Å². The van der Waals surface area contributed by atoms with Gasteiger partial charge < -0.3 is 15.2 Å². The summed E-state index contributed by atoms with van der Waals surface area (Å²) in [6.45, 7) is 6.22. The van der Waals surface area contributed by atoms with Crippen LogP contribution in [0.25, 0.3) is 0 Å². The molecule has 2 heterocycles. The molecule has 3 aromatic rings. The van der Waals surface area contributed by atoms with Gasteiger partial charge in [0.1, 0.15) is 5.82 Å². The van der Waals surface area contributed by atoms with Gasteiger partial charge in [0, 0.05) is 13.6 Å². The number of halogens is 1. The number of nitrogens with one attached hydrogen (secondary N) is 2. The monoisotopic (exact) mass is 559 g/mol. The number of guanidine groups is 1. The summed E-state index contributed by atoms with van der Waals surface area (Å²) in [7, 11) is 1.99. The van der Waals surface area contributed by atoms with E-state index in [1.807, 2.05) is 36.7 Å². The van der Waals surface area contributed by atoms with Crippen molar-refractivity contribution >= 4 is 29.9 Å². The Bertz CT molecular complexity index is 998. The number of hydrogen-bond acceptors (Lipinski definition) is 4. The Morgan fingerprint density at radius 1 is 0.970 bits per heavy atom. The first-order valence-corrected chi connectivity index (χ1v) is 11.4. The molecule has 2 N–H and O–H groups in total. The fraction of sp³-hybridized carbons (Fsp3) is 0.400. The smallest absolute Gasteiger partial charge is 0.192 e. The van der Waals surface area contributed by atoms with E-state index >= 15 is 0 Å². The van der Waals surface area contributed by atoms with Crippen molar-refractivity contribution in [2.45, 2.75) is 38.9 Å². The highest BCUT2D eigenvalue weighted by molar-refractivity contribution is 14.0. The first-order valence-electron chi connectivity index (χ1n) is 11.4. The lowest BCUT2D eigenvalue weighted by Crippen LogP contribution is -2.42. The zero-order valence-corrected chi connectivity index (χ0v) is 21.8. The summed E-state index contributed by atoms with van der Waals surface area (Å²) in [6.07, 6.45) is 2.53. The minimum absolute atomic E-state index is 0. The fourth-order valence-corrected chi connectivity index (χ4v) is 4.08. The molecule has 2 aromatic carbocycles. The van der Waals surface area contributed by atoms with Crippen LogP contribution in [0.5, 0.6) is 0 Å². The van der Waals surface area contributed by atoms with Gasteiger partial charge in [-0.15, -0.1) is 34.2 Å². The van der Waals surface area contributed by atoms with Crippen LogP contribution in [-0.2, 0) is 20.1 Å². The van der Waals surface area contributed by atoms with E-state index in [4.69, 9.17) is 4.99 Å². The van der Waals surface area contributed by atoms with Crippen LogP contribution >= 0.6 is 24.0 Å². The highest BCUT2D eigenvalue weighted by Gasteiger charge is 2.23. The van der Waals surface area contributed by atoms with E-state index in [0.717, 1.165) is 37.2 Å². The predicted octanol–water partition coefficient (Wildman–Crippen LogP) is 3.81. The van der Waals surface area contributed by atoms with Crippen LogP contribution in [0, 0.1) is 6.92 Å². The van der Waals surface area contributed by atoms with Crippen molar-refractivity contribution in [1.29, 1.82) is 0 Å². The summed E-state index contributed by atoms with van der Waals surface area (Å²) >= 11 is 0. The van der Waals surface area contributed by atoms with Crippen molar-refractivity contribution in [2.24, 2.45) is 12.0 Å². The summed E-state index contributed by atoms with van der Waals surface area (Å²) in [6, 6.07) is 21.4. The number of benzene rings is 2. The van der Waals surface area contributed by atoms with Crippen LogP contribution in [-0.4, -0.2) is 45.3 Å². The second-order valence-corrected chi connectivity index (χ2v) is 8.28. The molecule has 1 aliphatic rings. The molecule has 176 valence electrons. The normalized spacial score (nSPS) is 15.2. The fourth-order valence-electron chi connectivity index (χ4n) is 4.08. The SMILES string of the molecule is Cc1nnc(CNC(=NCc2ccccc2)NCC(c2ccccc2)N2CCCC2)n1C.I. The Morgan fingerprint density at radius 3 is 2.27 bits per heavy atom. The summed E-state index contributed by atoms with van der Waals surface area (Å²) in [4.78, 5) is 7.43. The standard InChI is InChI=1S/C25H33N7.HI/c1-20-29-30-24(31(20)2)19-28-25(26-17-21-11-5-3-6-12-21)27-18-23(32-15-9-10-16-32)22-13-7-4-8-14-22;/h3-8,11-14,23H,9-10,15-19H2,1-2H3,(H2,26,27,28);1H. The summed E-state index contributed by atoms with van der Waals surface area (Å²) in [5.41, 5.74) is 2.52. The van der Waals surface area contributed by atoms with Gasteiger partial charge in [-0.1, -0.05) is 60.7 Å². The molecule has 1 aromatic heterocycles. The van der Waals surface area contributed by atoms with Crippen molar-refractivity contribution < 1.29 is 0 Å².